The molecule has 7 heterocycles. The van der Waals surface area contributed by atoms with Gasteiger partial charge in [-0.05, 0) is 149 Å². The Labute approximate surface area is 687 Å². The highest BCUT2D eigenvalue weighted by atomic mass is 35.5. The molecule has 0 unspecified atom stereocenters. The average molecular weight is 1630 g/mol. The van der Waals surface area contributed by atoms with Crippen LogP contribution in [0, 0.1) is 0 Å². The summed E-state index contributed by atoms with van der Waals surface area (Å²) < 4.78 is 25.0. The van der Waals surface area contributed by atoms with Gasteiger partial charge in [-0.3, -0.25) is 24.2 Å². The molecule has 29 heteroatoms. The van der Waals surface area contributed by atoms with Crippen LogP contribution in [-0.4, -0.2) is 188 Å². The number of morpholine rings is 1. The van der Waals surface area contributed by atoms with E-state index in [1.807, 2.05) is 115 Å². The van der Waals surface area contributed by atoms with Crippen molar-refractivity contribution < 1.29 is 73.8 Å². The fraction of sp³-hybridized carbons (Fsp3) is 0.315. The zero-order valence-corrected chi connectivity index (χ0v) is 68.5. The molecule has 4 aromatic heterocycles. The third kappa shape index (κ3) is 18.9. The number of piperazine rings is 1. The molecule has 2 fully saturated rings. The molecule has 15 rings (SSSR count). The zero-order chi connectivity index (χ0) is 84.5. The van der Waals surface area contributed by atoms with Gasteiger partial charge in [0.1, 0.15) is 51.7 Å². The summed E-state index contributed by atoms with van der Waals surface area (Å²) in [7, 11) is 5.67. The first-order chi connectivity index (χ1) is 56.5. The molecule has 0 aliphatic carbocycles. The highest BCUT2D eigenvalue weighted by Crippen LogP contribution is 2.46. The van der Waals surface area contributed by atoms with E-state index >= 15 is 0 Å². The topological polar surface area (TPSA) is 376 Å². The van der Waals surface area contributed by atoms with Gasteiger partial charge in [0.15, 0.2) is 28.7 Å². The van der Waals surface area contributed by atoms with Crippen molar-refractivity contribution in [2.75, 3.05) is 79.7 Å². The SMILES string of the molecule is CC(C)c1cc(-c2n[nH]c(=O)n2-c2ccc3c(ccn3C)c2)c(O)cc1O.CC(C)c1cc(C(=O)N2Cc3ccc(CN4CCN(C)CC4)cc3C2)c(O)cc1O.CCNC(=O)c1noc(-c2cc(C(C)C)c(O)cc2O)c1-c1ccc(CN2CCOCC2)cc1.CCNC(=O)c1noc(-c2cc(Cl)c(O)cc2O)c1-c1ccc(OC)cc1. The maximum absolute atomic E-state index is 13.1. The Kier molecular flexibility index (Phi) is 26.7. The Morgan fingerprint density at radius 2 is 1.04 bits per heavy atom. The number of aromatic nitrogens is 6. The van der Waals surface area contributed by atoms with Gasteiger partial charge in [-0.1, -0.05) is 118 Å². The number of phenolic OH excluding ortho intramolecular Hbond substituents is 8. The number of hydrogen-bond acceptors (Lipinski definition) is 22. The second-order valence-electron chi connectivity index (χ2n) is 30.3. The molecule has 12 aromatic rings. The van der Waals surface area contributed by atoms with Crippen molar-refractivity contribution in [1.82, 2.24) is 59.9 Å². The number of aryl methyl sites for hydroxylation is 1. The normalized spacial score (nSPS) is 13.7. The maximum atomic E-state index is 13.1. The average Bonchev–Trinajstić information content (AvgIpc) is 1.65. The van der Waals surface area contributed by atoms with E-state index in [1.165, 1.54) is 40.0 Å². The Morgan fingerprint density at radius 3 is 1.61 bits per heavy atom. The van der Waals surface area contributed by atoms with E-state index in [2.05, 4.69) is 71.1 Å². The maximum Gasteiger partial charge on any atom is 0.348 e. The minimum absolute atomic E-state index is 0.00808. The molecule has 3 aliphatic rings. The summed E-state index contributed by atoms with van der Waals surface area (Å²) in [5.41, 5.74) is 11.8. The van der Waals surface area contributed by atoms with Crippen LogP contribution in [0.2, 0.25) is 5.02 Å². The second-order valence-corrected chi connectivity index (χ2v) is 30.7. The molecule has 8 aromatic carbocycles. The predicted octanol–water partition coefficient (Wildman–Crippen LogP) is 14.3. The fourth-order valence-corrected chi connectivity index (χ4v) is 14.7. The van der Waals surface area contributed by atoms with Crippen molar-refractivity contribution in [2.45, 2.75) is 99.3 Å². The van der Waals surface area contributed by atoms with Crippen LogP contribution < -0.4 is 21.1 Å². The van der Waals surface area contributed by atoms with Crippen LogP contribution in [0.4, 0.5) is 0 Å². The third-order valence-electron chi connectivity index (χ3n) is 21.0. The lowest BCUT2D eigenvalue weighted by molar-refractivity contribution is 0.0342. The molecule has 0 atom stereocenters. The Hall–Kier alpha value is -12.6. The van der Waals surface area contributed by atoms with E-state index in [1.54, 1.807) is 61.4 Å². The standard InChI is InChI=1S/C26H31N3O5.C24H31N3O3.C20H20N4O3.C19H17ClN2O5/c1-4-27-26(32)24-23(18-7-5-17(6-8-18)15-29-9-11-33-12-10-29)25(34-28-24)20-13-19(16(2)3)21(30)14-22(20)31;1-16(2)20-11-21(23(29)12-22(20)28)24(30)27-14-18-5-4-17(10-19(18)15-27)13-26-8-6-25(3)7-9-26;1-11(2)14-9-15(18(26)10-17(14)25)19-21-22-20(27)24(19)13-4-5-16-12(8-13)6-7-23(16)3;1-3-21-19(25)17-16(10-4-6-11(26-2)7-5-10)18(27-22-17)12-8-13(20)15(24)9-14(12)23/h5-8,13-14,16,30-31H,4,9-12,15H2,1-3H3,(H,27,32);4-5,10-12,16,28-29H,6-9,13-15H2,1-3H3;4-11,25-26H,1-3H3,(H,22,27);4-9,23-24H,3H2,1-2H3,(H,21,25). The summed E-state index contributed by atoms with van der Waals surface area (Å²) in [4.78, 5) is 59.7. The van der Waals surface area contributed by atoms with Crippen molar-refractivity contribution in [3.63, 3.8) is 0 Å². The largest absolute Gasteiger partial charge is 0.508 e. The van der Waals surface area contributed by atoms with Gasteiger partial charge in [-0.25, -0.2) is 14.5 Å². The first-order valence-electron chi connectivity index (χ1n) is 39.1. The first kappa shape index (κ1) is 84.8. The number of aromatic hydroxyl groups is 8. The number of benzene rings is 8. The molecule has 28 nitrogen and oxygen atoms in total. The summed E-state index contributed by atoms with van der Waals surface area (Å²) >= 11 is 5.97. The van der Waals surface area contributed by atoms with E-state index in [0.29, 0.717) is 82.1 Å². The quantitative estimate of drug-likeness (QED) is 0.0358. The number of rotatable bonds is 19. The van der Waals surface area contributed by atoms with Crippen LogP contribution in [0.5, 0.6) is 51.7 Å². The number of nitrogens with zero attached hydrogens (tertiary/aromatic N) is 9. The van der Waals surface area contributed by atoms with Crippen LogP contribution in [0.25, 0.3) is 72.9 Å². The number of phenols is 8. The summed E-state index contributed by atoms with van der Waals surface area (Å²) in [5.74, 6) is -0.422. The number of amides is 3. The van der Waals surface area contributed by atoms with Crippen LogP contribution >= 0.6 is 11.6 Å². The molecule has 0 spiro atoms. The van der Waals surface area contributed by atoms with Crippen molar-refractivity contribution >= 4 is 40.2 Å². The lowest BCUT2D eigenvalue weighted by Gasteiger charge is -2.32. The summed E-state index contributed by atoms with van der Waals surface area (Å²) in [5, 5.41) is 103. The molecule has 118 heavy (non-hydrogen) atoms. The number of hydrogen-bond donors (Lipinski definition) is 11. The molecular formula is C89H99ClN12O16. The smallest absolute Gasteiger partial charge is 0.348 e. The van der Waals surface area contributed by atoms with E-state index in [0.717, 1.165) is 99.2 Å². The number of carbonyl (C=O) groups excluding carboxylic acids is 3. The molecule has 0 bridgehead atoms. The van der Waals surface area contributed by atoms with Gasteiger partial charge >= 0.3 is 5.69 Å². The van der Waals surface area contributed by atoms with Gasteiger partial charge in [-0.15, -0.1) is 0 Å². The van der Waals surface area contributed by atoms with Crippen molar-refractivity contribution in [1.29, 1.82) is 0 Å². The highest BCUT2D eigenvalue weighted by molar-refractivity contribution is 6.32. The van der Waals surface area contributed by atoms with E-state index < -0.39 is 11.6 Å². The van der Waals surface area contributed by atoms with Crippen LogP contribution in [0.15, 0.2) is 160 Å². The van der Waals surface area contributed by atoms with Gasteiger partial charge in [-0.2, -0.15) is 5.10 Å². The molecule has 3 aliphatic heterocycles. The molecule has 2 saturated heterocycles. The second kappa shape index (κ2) is 37.1. The minimum atomic E-state index is -0.414. The van der Waals surface area contributed by atoms with Crippen LogP contribution in [-0.2, 0) is 38.0 Å². The van der Waals surface area contributed by atoms with Gasteiger partial charge in [0.2, 0.25) is 0 Å². The van der Waals surface area contributed by atoms with Gasteiger partial charge in [0.25, 0.3) is 17.7 Å². The summed E-state index contributed by atoms with van der Waals surface area (Å²) in [6.45, 7) is 26.7. The minimum Gasteiger partial charge on any atom is -0.508 e. The van der Waals surface area contributed by atoms with Crippen molar-refractivity contribution in [3.8, 4) is 114 Å². The summed E-state index contributed by atoms with van der Waals surface area (Å²) in [6, 6.07) is 40.3. The Morgan fingerprint density at radius 1 is 0.542 bits per heavy atom. The van der Waals surface area contributed by atoms with E-state index in [4.69, 9.17) is 30.1 Å². The number of fused-ring (bicyclic) bond motifs is 2. The molecule has 11 N–H and O–H groups in total. The Bertz CT molecular complexity index is 5680. The number of halogens is 1. The van der Waals surface area contributed by atoms with Crippen LogP contribution in [0.1, 0.15) is 143 Å². The monoisotopic (exact) mass is 1630 g/mol. The number of H-pyrrole nitrogens is 1. The highest BCUT2D eigenvalue weighted by Gasteiger charge is 2.32. The lowest BCUT2D eigenvalue weighted by Crippen LogP contribution is -2.43. The van der Waals surface area contributed by atoms with Crippen LogP contribution in [0.3, 0.4) is 0 Å². The molecule has 3 amide bonds. The molecule has 0 radical (unpaired) electrons. The van der Waals surface area contributed by atoms with Crippen molar-refractivity contribution in [3.05, 3.63) is 217 Å². The van der Waals surface area contributed by atoms with Gasteiger partial charge in [0.05, 0.1) is 64.4 Å². The Balaban J connectivity index is 0.000000145. The zero-order valence-electron chi connectivity index (χ0n) is 67.7. The van der Waals surface area contributed by atoms with Crippen molar-refractivity contribution in [2.24, 2.45) is 7.05 Å². The molecule has 0 saturated carbocycles. The lowest BCUT2D eigenvalue weighted by atomic mass is 9.94. The fourth-order valence-electron chi connectivity index (χ4n) is 14.5. The first-order valence-corrected chi connectivity index (χ1v) is 39.4. The van der Waals surface area contributed by atoms with E-state index in [-0.39, 0.29) is 120 Å². The number of likely N-dealkylation sites (N-methyl/N-ethyl adjacent to an activating group) is 1. The number of carbonyl (C=O) groups is 3. The number of nitrogens with one attached hydrogen (secondary N) is 3. The molecule has 618 valence electrons. The molecular weight excluding hydrogens is 1530 g/mol. The predicted molar refractivity (Wildman–Crippen MR) is 449 cm³/mol. The number of aromatic amines is 1. The number of methoxy groups -OCH3 is 1. The third-order valence-corrected chi connectivity index (χ3v) is 21.3. The summed E-state index contributed by atoms with van der Waals surface area (Å²) in [6.07, 6.45) is 1.95. The van der Waals surface area contributed by atoms with E-state index in [9.17, 15) is 60.0 Å². The van der Waals surface area contributed by atoms with Gasteiger partial charge in [0, 0.05) is 127 Å². The number of ether oxygens (including phenoxy) is 2. The van der Waals surface area contributed by atoms with Gasteiger partial charge < -0.3 is 84.4 Å².